The zero-order chi connectivity index (χ0) is 17.7. The summed E-state index contributed by atoms with van der Waals surface area (Å²) in [6.07, 6.45) is 1.05. The number of primary amides is 1. The van der Waals surface area contributed by atoms with Gasteiger partial charge in [-0.15, -0.1) is 0 Å². The summed E-state index contributed by atoms with van der Waals surface area (Å²) in [6.45, 7) is 8.91. The van der Waals surface area contributed by atoms with Gasteiger partial charge >= 0.3 is 0 Å². The van der Waals surface area contributed by atoms with Gasteiger partial charge in [-0.2, -0.15) is 0 Å². The molecule has 0 saturated carbocycles. The van der Waals surface area contributed by atoms with Crippen molar-refractivity contribution in [2.45, 2.75) is 44.9 Å². The summed E-state index contributed by atoms with van der Waals surface area (Å²) in [7, 11) is 0. The molecule has 0 saturated heterocycles. The standard InChI is InChI=1S/C21H23NO2/c1-20(2)12-21(3,4)17-11-13(9-10-16(17)20)18(23)14-7-5-6-8-15(14)19(22)24/h5-11H,12H2,1-4H3,(H2,22,24). The molecule has 1 aliphatic rings. The minimum absolute atomic E-state index is 0.0261. The van der Waals surface area contributed by atoms with E-state index in [1.54, 1.807) is 24.3 Å². The first-order valence-electron chi connectivity index (χ1n) is 8.22. The van der Waals surface area contributed by atoms with Gasteiger partial charge in [0.05, 0.1) is 5.56 Å². The monoisotopic (exact) mass is 321 g/mol. The summed E-state index contributed by atoms with van der Waals surface area (Å²) >= 11 is 0. The van der Waals surface area contributed by atoms with Crippen molar-refractivity contribution in [3.63, 3.8) is 0 Å². The smallest absolute Gasteiger partial charge is 0.249 e. The fourth-order valence-corrected chi connectivity index (χ4v) is 4.18. The van der Waals surface area contributed by atoms with E-state index in [2.05, 4.69) is 33.8 Å². The molecule has 124 valence electrons. The first-order chi connectivity index (χ1) is 11.1. The van der Waals surface area contributed by atoms with Crippen LogP contribution in [0.2, 0.25) is 0 Å². The first-order valence-corrected chi connectivity index (χ1v) is 8.22. The minimum Gasteiger partial charge on any atom is -0.366 e. The quantitative estimate of drug-likeness (QED) is 0.869. The summed E-state index contributed by atoms with van der Waals surface area (Å²) in [5.41, 5.74) is 9.29. The Morgan fingerprint density at radius 2 is 1.46 bits per heavy atom. The van der Waals surface area contributed by atoms with Crippen molar-refractivity contribution in [3.8, 4) is 0 Å². The number of fused-ring (bicyclic) bond motifs is 1. The van der Waals surface area contributed by atoms with E-state index in [9.17, 15) is 9.59 Å². The Hall–Kier alpha value is -2.42. The van der Waals surface area contributed by atoms with Crippen LogP contribution >= 0.6 is 0 Å². The Morgan fingerprint density at radius 3 is 2.08 bits per heavy atom. The lowest BCUT2D eigenvalue weighted by Gasteiger charge is -2.22. The average Bonchev–Trinajstić information content (AvgIpc) is 2.71. The van der Waals surface area contributed by atoms with Crippen LogP contribution in [0.15, 0.2) is 42.5 Å². The number of hydrogen-bond acceptors (Lipinski definition) is 2. The highest BCUT2D eigenvalue weighted by Gasteiger charge is 2.42. The molecule has 2 aromatic carbocycles. The molecule has 2 aromatic rings. The zero-order valence-electron chi connectivity index (χ0n) is 14.6. The normalized spacial score (nSPS) is 17.3. The van der Waals surface area contributed by atoms with E-state index in [4.69, 9.17) is 5.73 Å². The summed E-state index contributed by atoms with van der Waals surface area (Å²) in [5, 5.41) is 0. The van der Waals surface area contributed by atoms with Crippen molar-refractivity contribution >= 4 is 11.7 Å². The molecule has 3 heteroatoms. The Balaban J connectivity index is 2.10. The van der Waals surface area contributed by atoms with Gasteiger partial charge in [0.15, 0.2) is 5.78 Å². The predicted octanol–water partition coefficient (Wildman–Crippen LogP) is 3.98. The highest BCUT2D eigenvalue weighted by Crippen LogP contribution is 2.49. The highest BCUT2D eigenvalue weighted by atomic mass is 16.1. The third-order valence-electron chi connectivity index (χ3n) is 5.06. The number of carbonyl (C=O) groups excluding carboxylic acids is 2. The molecule has 0 atom stereocenters. The second-order valence-electron chi connectivity index (χ2n) is 7.94. The van der Waals surface area contributed by atoms with Crippen molar-refractivity contribution in [3.05, 3.63) is 70.3 Å². The fraction of sp³-hybridized carbons (Fsp3) is 0.333. The maximum Gasteiger partial charge on any atom is 0.249 e. The number of carbonyl (C=O) groups is 2. The lowest BCUT2D eigenvalue weighted by atomic mass is 9.82. The Bertz CT molecular complexity index is 847. The summed E-state index contributed by atoms with van der Waals surface area (Å²) in [4.78, 5) is 24.5. The van der Waals surface area contributed by atoms with Crippen molar-refractivity contribution in [1.82, 2.24) is 0 Å². The highest BCUT2D eigenvalue weighted by molar-refractivity contribution is 6.15. The molecule has 1 amide bonds. The van der Waals surface area contributed by atoms with Crippen LogP contribution in [-0.4, -0.2) is 11.7 Å². The third-order valence-corrected chi connectivity index (χ3v) is 5.06. The molecular formula is C21H23NO2. The second kappa shape index (κ2) is 5.30. The van der Waals surface area contributed by atoms with Gasteiger partial charge in [0.1, 0.15) is 0 Å². The van der Waals surface area contributed by atoms with Crippen molar-refractivity contribution < 1.29 is 9.59 Å². The molecule has 0 bridgehead atoms. The molecule has 24 heavy (non-hydrogen) atoms. The molecule has 2 N–H and O–H groups in total. The van der Waals surface area contributed by atoms with Crippen molar-refractivity contribution in [1.29, 1.82) is 0 Å². The Kier molecular flexibility index (Phi) is 3.63. The molecule has 0 radical (unpaired) electrons. The topological polar surface area (TPSA) is 60.2 Å². The SMILES string of the molecule is CC1(C)CC(C)(C)c2cc(C(=O)c3ccccc3C(N)=O)ccc21. The van der Waals surface area contributed by atoms with Gasteiger partial charge in [-0.25, -0.2) is 0 Å². The largest absolute Gasteiger partial charge is 0.366 e. The van der Waals surface area contributed by atoms with Gasteiger partial charge in [-0.05, 0) is 40.5 Å². The molecule has 0 unspecified atom stereocenters. The lowest BCUT2D eigenvalue weighted by molar-refractivity contribution is 0.0981. The molecular weight excluding hydrogens is 298 g/mol. The number of nitrogens with two attached hydrogens (primary N) is 1. The molecule has 0 spiro atoms. The van der Waals surface area contributed by atoms with Crippen LogP contribution in [0, 0.1) is 0 Å². The summed E-state index contributed by atoms with van der Waals surface area (Å²) < 4.78 is 0. The molecule has 0 aliphatic heterocycles. The van der Waals surface area contributed by atoms with Crippen molar-refractivity contribution in [2.75, 3.05) is 0 Å². The lowest BCUT2D eigenvalue weighted by Crippen LogP contribution is -2.18. The van der Waals surface area contributed by atoms with Crippen LogP contribution < -0.4 is 5.73 Å². The predicted molar refractivity (Wildman–Crippen MR) is 95.5 cm³/mol. The number of rotatable bonds is 3. The van der Waals surface area contributed by atoms with E-state index in [-0.39, 0.29) is 22.2 Å². The van der Waals surface area contributed by atoms with E-state index in [1.807, 2.05) is 12.1 Å². The maximum atomic E-state index is 12.9. The van der Waals surface area contributed by atoms with E-state index in [0.717, 1.165) is 6.42 Å². The average molecular weight is 321 g/mol. The summed E-state index contributed by atoms with van der Waals surface area (Å²) in [6, 6.07) is 12.6. The van der Waals surface area contributed by atoms with Gasteiger partial charge < -0.3 is 5.73 Å². The van der Waals surface area contributed by atoms with Gasteiger partial charge in [-0.1, -0.05) is 58.0 Å². The van der Waals surface area contributed by atoms with Crippen LogP contribution in [0.3, 0.4) is 0 Å². The van der Waals surface area contributed by atoms with E-state index >= 15 is 0 Å². The van der Waals surface area contributed by atoms with Gasteiger partial charge in [0.25, 0.3) is 0 Å². The van der Waals surface area contributed by atoms with Crippen LogP contribution in [0.25, 0.3) is 0 Å². The molecule has 0 fully saturated rings. The number of benzene rings is 2. The number of amides is 1. The first kappa shape index (κ1) is 16.4. The maximum absolute atomic E-state index is 12.9. The van der Waals surface area contributed by atoms with E-state index in [1.165, 1.54) is 11.1 Å². The van der Waals surface area contributed by atoms with E-state index in [0.29, 0.717) is 11.1 Å². The van der Waals surface area contributed by atoms with Crippen LogP contribution in [-0.2, 0) is 10.8 Å². The molecule has 1 aliphatic carbocycles. The number of ketones is 1. The van der Waals surface area contributed by atoms with Crippen LogP contribution in [0.1, 0.15) is 71.5 Å². The van der Waals surface area contributed by atoms with Crippen molar-refractivity contribution in [2.24, 2.45) is 5.73 Å². The molecule has 3 rings (SSSR count). The Labute approximate surface area is 142 Å². The zero-order valence-corrected chi connectivity index (χ0v) is 14.6. The minimum atomic E-state index is -0.582. The van der Waals surface area contributed by atoms with Gasteiger partial charge in [-0.3, -0.25) is 9.59 Å². The number of hydrogen-bond donors (Lipinski definition) is 1. The van der Waals surface area contributed by atoms with Crippen LogP contribution in [0.4, 0.5) is 0 Å². The molecule has 3 nitrogen and oxygen atoms in total. The summed E-state index contributed by atoms with van der Waals surface area (Å²) in [5.74, 6) is -0.741. The second-order valence-corrected chi connectivity index (χ2v) is 7.94. The van der Waals surface area contributed by atoms with Gasteiger partial charge in [0.2, 0.25) is 5.91 Å². The van der Waals surface area contributed by atoms with E-state index < -0.39 is 5.91 Å². The third kappa shape index (κ3) is 2.54. The molecule has 0 aromatic heterocycles. The van der Waals surface area contributed by atoms with Crippen LogP contribution in [0.5, 0.6) is 0 Å². The molecule has 0 heterocycles. The fourth-order valence-electron chi connectivity index (χ4n) is 4.18. The van der Waals surface area contributed by atoms with Gasteiger partial charge in [0, 0.05) is 11.1 Å². The Morgan fingerprint density at radius 1 is 0.875 bits per heavy atom.